The summed E-state index contributed by atoms with van der Waals surface area (Å²) in [7, 11) is 0. The standard InChI is InChI=1S/C49H31N5S/c1-4-13-33(14-5-1)46-50-42(31-43(51-46)39-27-28-45-41(30-39)40-21-10-11-22-44(40)55-45)38-20-12-19-37(29-38)32-23-25-36(26-24-32)49-53-47(34-15-6-2-7-16-34)52-48(54-49)35-17-8-3-9-18-35/h1-31H. The van der Waals surface area contributed by atoms with E-state index in [2.05, 4.69) is 109 Å². The van der Waals surface area contributed by atoms with E-state index in [-0.39, 0.29) is 0 Å². The van der Waals surface area contributed by atoms with Crippen LogP contribution in [0.25, 0.3) is 99.4 Å². The molecule has 0 saturated carbocycles. The lowest BCUT2D eigenvalue weighted by Crippen LogP contribution is -2.00. The average Bonchev–Trinajstić information content (AvgIpc) is 3.65. The molecule has 7 aromatic carbocycles. The van der Waals surface area contributed by atoms with Crippen molar-refractivity contribution >= 4 is 31.5 Å². The lowest BCUT2D eigenvalue weighted by atomic mass is 9.99. The molecule has 0 saturated heterocycles. The van der Waals surface area contributed by atoms with Gasteiger partial charge in [0, 0.05) is 53.6 Å². The second-order valence-electron chi connectivity index (χ2n) is 13.3. The molecule has 0 fully saturated rings. The summed E-state index contributed by atoms with van der Waals surface area (Å²) in [5.74, 6) is 2.61. The Bertz CT molecular complexity index is 2900. The Labute approximate surface area is 322 Å². The number of thiophene rings is 1. The van der Waals surface area contributed by atoms with E-state index in [1.807, 2.05) is 90.2 Å². The molecule has 0 atom stereocenters. The van der Waals surface area contributed by atoms with E-state index in [9.17, 15) is 0 Å². The Morgan fingerprint density at radius 2 is 0.673 bits per heavy atom. The van der Waals surface area contributed by atoms with Crippen LogP contribution in [0.15, 0.2) is 188 Å². The third kappa shape index (κ3) is 6.45. The minimum absolute atomic E-state index is 0.628. The first-order chi connectivity index (χ1) is 27.2. The molecule has 0 aliphatic carbocycles. The fourth-order valence-corrected chi connectivity index (χ4v) is 8.04. The van der Waals surface area contributed by atoms with Gasteiger partial charge in [0.1, 0.15) is 0 Å². The van der Waals surface area contributed by atoms with E-state index in [1.54, 1.807) is 0 Å². The molecule has 3 aromatic heterocycles. The molecule has 0 N–H and O–H groups in total. The van der Waals surface area contributed by atoms with Gasteiger partial charge in [-0.1, -0.05) is 158 Å². The predicted molar refractivity (Wildman–Crippen MR) is 226 cm³/mol. The van der Waals surface area contributed by atoms with Crippen molar-refractivity contribution in [2.75, 3.05) is 0 Å². The molecule has 6 heteroatoms. The largest absolute Gasteiger partial charge is 0.228 e. The van der Waals surface area contributed by atoms with Gasteiger partial charge < -0.3 is 0 Å². The van der Waals surface area contributed by atoms with E-state index in [1.165, 1.54) is 20.2 Å². The van der Waals surface area contributed by atoms with E-state index < -0.39 is 0 Å². The van der Waals surface area contributed by atoms with Crippen molar-refractivity contribution in [3.8, 4) is 79.2 Å². The summed E-state index contributed by atoms with van der Waals surface area (Å²) in [4.78, 5) is 24.9. The van der Waals surface area contributed by atoms with E-state index >= 15 is 0 Å². The molecule has 0 spiro atoms. The maximum absolute atomic E-state index is 5.13. The Morgan fingerprint density at radius 3 is 1.27 bits per heavy atom. The Kier molecular flexibility index (Phi) is 8.28. The molecule has 3 heterocycles. The summed E-state index contributed by atoms with van der Waals surface area (Å²) in [5, 5.41) is 2.51. The van der Waals surface area contributed by atoms with Crippen LogP contribution in [0.5, 0.6) is 0 Å². The second-order valence-corrected chi connectivity index (χ2v) is 14.4. The van der Waals surface area contributed by atoms with Crippen LogP contribution in [0.4, 0.5) is 0 Å². The number of aromatic nitrogens is 5. The van der Waals surface area contributed by atoms with Gasteiger partial charge >= 0.3 is 0 Å². The summed E-state index contributed by atoms with van der Waals surface area (Å²) in [6.45, 7) is 0. The molecule has 10 rings (SSSR count). The SMILES string of the molecule is c1ccc(-c2nc(-c3cccc(-c4ccc(-c5nc(-c6ccccc6)nc(-c6ccccc6)n5)cc4)c3)cc(-c3ccc4sc5ccccc5c4c3)n2)cc1. The molecule has 5 nitrogen and oxygen atoms in total. The lowest BCUT2D eigenvalue weighted by Gasteiger charge is -2.11. The molecule has 0 unspecified atom stereocenters. The van der Waals surface area contributed by atoms with Crippen molar-refractivity contribution in [2.24, 2.45) is 0 Å². The van der Waals surface area contributed by atoms with Gasteiger partial charge in [0.15, 0.2) is 23.3 Å². The Hall–Kier alpha value is -7.15. The zero-order chi connectivity index (χ0) is 36.6. The Balaban J connectivity index is 1.03. The third-order valence-corrected chi connectivity index (χ3v) is 10.9. The first-order valence-electron chi connectivity index (χ1n) is 18.2. The second kappa shape index (κ2) is 14.0. The van der Waals surface area contributed by atoms with E-state index in [4.69, 9.17) is 24.9 Å². The molecule has 0 aliphatic heterocycles. The fourth-order valence-electron chi connectivity index (χ4n) is 6.95. The monoisotopic (exact) mass is 721 g/mol. The highest BCUT2D eigenvalue weighted by Gasteiger charge is 2.15. The van der Waals surface area contributed by atoms with Gasteiger partial charge in [-0.25, -0.2) is 24.9 Å². The molecule has 10 aromatic rings. The normalized spacial score (nSPS) is 11.3. The van der Waals surface area contributed by atoms with Crippen LogP contribution in [0, 0.1) is 0 Å². The van der Waals surface area contributed by atoms with Crippen LogP contribution >= 0.6 is 11.3 Å². The van der Waals surface area contributed by atoms with Crippen molar-refractivity contribution in [3.05, 3.63) is 188 Å². The molecular weight excluding hydrogens is 691 g/mol. The fraction of sp³-hybridized carbons (Fsp3) is 0. The molecular formula is C49H31N5S. The van der Waals surface area contributed by atoms with Gasteiger partial charge in [0.2, 0.25) is 0 Å². The minimum atomic E-state index is 0.628. The van der Waals surface area contributed by atoms with Crippen molar-refractivity contribution in [1.82, 2.24) is 24.9 Å². The quantitative estimate of drug-likeness (QED) is 0.164. The van der Waals surface area contributed by atoms with Crippen LogP contribution in [0.3, 0.4) is 0 Å². The van der Waals surface area contributed by atoms with Crippen LogP contribution in [0.1, 0.15) is 0 Å². The number of fused-ring (bicyclic) bond motifs is 3. The van der Waals surface area contributed by atoms with Gasteiger partial charge in [-0.05, 0) is 41.5 Å². The highest BCUT2D eigenvalue weighted by molar-refractivity contribution is 7.25. The molecule has 258 valence electrons. The summed E-state index contributed by atoms with van der Waals surface area (Å²) < 4.78 is 2.56. The highest BCUT2D eigenvalue weighted by atomic mass is 32.1. The first kappa shape index (κ1) is 32.5. The zero-order valence-electron chi connectivity index (χ0n) is 29.5. The number of nitrogens with zero attached hydrogens (tertiary/aromatic N) is 5. The van der Waals surface area contributed by atoms with Gasteiger partial charge in [0.05, 0.1) is 11.4 Å². The van der Waals surface area contributed by atoms with Crippen LogP contribution in [0.2, 0.25) is 0 Å². The van der Waals surface area contributed by atoms with Gasteiger partial charge in [-0.3, -0.25) is 0 Å². The first-order valence-corrected chi connectivity index (χ1v) is 19.0. The molecule has 0 aliphatic rings. The summed E-state index contributed by atoms with van der Waals surface area (Å²) in [6.07, 6.45) is 0. The third-order valence-electron chi connectivity index (χ3n) is 9.76. The Morgan fingerprint density at radius 1 is 0.255 bits per heavy atom. The zero-order valence-corrected chi connectivity index (χ0v) is 30.4. The predicted octanol–water partition coefficient (Wildman–Crippen LogP) is 12.7. The van der Waals surface area contributed by atoms with E-state index in [0.717, 1.165) is 55.9 Å². The lowest BCUT2D eigenvalue weighted by molar-refractivity contribution is 1.07. The molecule has 0 amide bonds. The number of hydrogen-bond acceptors (Lipinski definition) is 6. The topological polar surface area (TPSA) is 64.5 Å². The summed E-state index contributed by atoms with van der Waals surface area (Å²) in [6, 6.07) is 64.6. The molecule has 55 heavy (non-hydrogen) atoms. The van der Waals surface area contributed by atoms with Crippen molar-refractivity contribution in [2.45, 2.75) is 0 Å². The minimum Gasteiger partial charge on any atom is -0.228 e. The van der Waals surface area contributed by atoms with Crippen molar-refractivity contribution in [3.63, 3.8) is 0 Å². The smallest absolute Gasteiger partial charge is 0.164 e. The maximum Gasteiger partial charge on any atom is 0.164 e. The highest BCUT2D eigenvalue weighted by Crippen LogP contribution is 2.37. The summed E-state index contributed by atoms with van der Waals surface area (Å²) >= 11 is 1.82. The number of rotatable bonds is 7. The van der Waals surface area contributed by atoms with Gasteiger partial charge in [-0.15, -0.1) is 11.3 Å². The maximum atomic E-state index is 5.13. The average molecular weight is 722 g/mol. The van der Waals surface area contributed by atoms with Crippen LogP contribution in [-0.4, -0.2) is 24.9 Å². The number of benzene rings is 7. The van der Waals surface area contributed by atoms with Crippen LogP contribution in [-0.2, 0) is 0 Å². The van der Waals surface area contributed by atoms with Gasteiger partial charge in [0.25, 0.3) is 0 Å². The number of hydrogen-bond donors (Lipinski definition) is 0. The molecule has 0 radical (unpaired) electrons. The van der Waals surface area contributed by atoms with E-state index in [0.29, 0.717) is 23.3 Å². The van der Waals surface area contributed by atoms with Crippen molar-refractivity contribution in [1.29, 1.82) is 0 Å². The van der Waals surface area contributed by atoms with Crippen LogP contribution < -0.4 is 0 Å². The summed E-state index contributed by atoms with van der Waals surface area (Å²) in [5.41, 5.74) is 9.78. The molecule has 0 bridgehead atoms. The van der Waals surface area contributed by atoms with Crippen molar-refractivity contribution < 1.29 is 0 Å². The van der Waals surface area contributed by atoms with Gasteiger partial charge in [-0.2, -0.15) is 0 Å².